The van der Waals surface area contributed by atoms with Crippen molar-refractivity contribution in [1.82, 2.24) is 0 Å². The molecule has 0 spiro atoms. The van der Waals surface area contributed by atoms with Crippen molar-refractivity contribution in [1.29, 1.82) is 0 Å². The topological polar surface area (TPSA) is 77.8 Å². The summed E-state index contributed by atoms with van der Waals surface area (Å²) in [5, 5.41) is 28.1. The number of hydrogen-bond acceptors (Lipinski definition) is 3. The number of rotatable bonds is 2. The third kappa shape index (κ3) is 1.75. The lowest BCUT2D eigenvalue weighted by Crippen LogP contribution is -2.34. The largest absolute Gasteiger partial charge is 0.504 e. The molecule has 0 radical (unpaired) electrons. The molecule has 0 heterocycles. The van der Waals surface area contributed by atoms with Gasteiger partial charge in [-0.05, 0) is 18.9 Å². The zero-order valence-electron chi connectivity index (χ0n) is 9.41. The number of benzene rings is 1. The van der Waals surface area contributed by atoms with Crippen molar-refractivity contribution in [2.45, 2.75) is 31.1 Å². The summed E-state index contributed by atoms with van der Waals surface area (Å²) in [4.78, 5) is 11.5. The Hall–Kier alpha value is -1.30. The van der Waals surface area contributed by atoms with Crippen LogP contribution in [0, 0.1) is 5.82 Å². The van der Waals surface area contributed by atoms with Crippen molar-refractivity contribution in [2.75, 3.05) is 0 Å². The number of carbonyl (C=O) groups is 1. The van der Waals surface area contributed by atoms with E-state index in [1.807, 2.05) is 0 Å². The Kier molecular flexibility index (Phi) is 3.23. The fourth-order valence-electron chi connectivity index (χ4n) is 2.58. The quantitative estimate of drug-likeness (QED) is 0.733. The highest BCUT2D eigenvalue weighted by molar-refractivity contribution is 9.10. The molecule has 0 saturated heterocycles. The van der Waals surface area contributed by atoms with E-state index in [0.717, 1.165) is 6.07 Å². The third-order valence-corrected chi connectivity index (χ3v) is 4.14. The second-order valence-corrected chi connectivity index (χ2v) is 5.36. The van der Waals surface area contributed by atoms with Crippen LogP contribution >= 0.6 is 15.9 Å². The van der Waals surface area contributed by atoms with Gasteiger partial charge >= 0.3 is 5.97 Å². The Morgan fingerprint density at radius 2 is 1.89 bits per heavy atom. The van der Waals surface area contributed by atoms with E-state index in [2.05, 4.69) is 15.9 Å². The fraction of sp³-hybridized carbons (Fsp3) is 0.417. The molecule has 1 saturated carbocycles. The molecular formula is C12H12BrFO4. The SMILES string of the molecule is O=C(O)C1(c2c(Br)cc(O)c(O)c2F)CCCC1. The number of hydrogen-bond donors (Lipinski definition) is 3. The summed E-state index contributed by atoms with van der Waals surface area (Å²) in [6, 6.07) is 1.12. The van der Waals surface area contributed by atoms with Gasteiger partial charge in [0.15, 0.2) is 17.3 Å². The molecule has 1 fully saturated rings. The van der Waals surface area contributed by atoms with E-state index < -0.39 is 28.7 Å². The minimum Gasteiger partial charge on any atom is -0.504 e. The van der Waals surface area contributed by atoms with Crippen molar-refractivity contribution in [3.8, 4) is 11.5 Å². The van der Waals surface area contributed by atoms with Crippen LogP contribution in [0.5, 0.6) is 11.5 Å². The van der Waals surface area contributed by atoms with E-state index in [-0.39, 0.29) is 10.0 Å². The normalized spacial score (nSPS) is 17.9. The molecule has 0 aliphatic heterocycles. The number of halogens is 2. The molecule has 1 aromatic carbocycles. The Morgan fingerprint density at radius 1 is 1.33 bits per heavy atom. The standard InChI is InChI=1S/C12H12BrFO4/c13-6-5-7(15)10(16)9(14)8(6)12(11(17)18)3-1-2-4-12/h5,15-16H,1-4H2,(H,17,18). The lowest BCUT2D eigenvalue weighted by Gasteiger charge is -2.26. The molecule has 0 unspecified atom stereocenters. The number of carboxylic acids is 1. The first kappa shape index (κ1) is 13.1. The van der Waals surface area contributed by atoms with Gasteiger partial charge in [0.25, 0.3) is 0 Å². The van der Waals surface area contributed by atoms with Gasteiger partial charge in [0.1, 0.15) is 0 Å². The van der Waals surface area contributed by atoms with E-state index in [1.165, 1.54) is 0 Å². The first-order valence-electron chi connectivity index (χ1n) is 5.54. The predicted molar refractivity (Wildman–Crippen MR) is 65.2 cm³/mol. The average molecular weight is 319 g/mol. The number of phenols is 2. The Balaban J connectivity index is 2.70. The monoisotopic (exact) mass is 318 g/mol. The second kappa shape index (κ2) is 4.42. The summed E-state index contributed by atoms with van der Waals surface area (Å²) in [7, 11) is 0. The summed E-state index contributed by atoms with van der Waals surface area (Å²) in [5.74, 6) is -3.68. The van der Waals surface area contributed by atoms with E-state index in [9.17, 15) is 24.5 Å². The van der Waals surface area contributed by atoms with Gasteiger partial charge in [0, 0.05) is 10.0 Å². The van der Waals surface area contributed by atoms with Crippen molar-refractivity contribution in [3.63, 3.8) is 0 Å². The minimum absolute atomic E-state index is 0.0807. The number of phenolic OH excluding ortho intramolecular Hbond substituents is 2. The Morgan fingerprint density at radius 3 is 2.39 bits per heavy atom. The van der Waals surface area contributed by atoms with Crippen LogP contribution in [-0.4, -0.2) is 21.3 Å². The van der Waals surface area contributed by atoms with Gasteiger partial charge in [-0.25, -0.2) is 4.39 Å². The Labute approximate surface area is 111 Å². The van der Waals surface area contributed by atoms with Crippen LogP contribution in [0.15, 0.2) is 10.5 Å². The van der Waals surface area contributed by atoms with Crippen molar-refractivity contribution in [2.24, 2.45) is 0 Å². The van der Waals surface area contributed by atoms with Gasteiger partial charge in [-0.1, -0.05) is 28.8 Å². The number of aliphatic carboxylic acids is 1. The van der Waals surface area contributed by atoms with Gasteiger partial charge in [0.05, 0.1) is 5.41 Å². The lowest BCUT2D eigenvalue weighted by atomic mass is 9.78. The molecule has 6 heteroatoms. The zero-order chi connectivity index (χ0) is 13.5. The van der Waals surface area contributed by atoms with Gasteiger partial charge in [0.2, 0.25) is 0 Å². The maximum atomic E-state index is 14.1. The summed E-state index contributed by atoms with van der Waals surface area (Å²) in [6.45, 7) is 0. The van der Waals surface area contributed by atoms with E-state index >= 15 is 0 Å². The van der Waals surface area contributed by atoms with Crippen molar-refractivity contribution in [3.05, 3.63) is 21.9 Å². The maximum absolute atomic E-state index is 14.1. The highest BCUT2D eigenvalue weighted by atomic mass is 79.9. The Bertz CT molecular complexity index is 509. The molecule has 1 aliphatic rings. The van der Waals surface area contributed by atoms with Crippen LogP contribution in [0.4, 0.5) is 4.39 Å². The van der Waals surface area contributed by atoms with Crippen LogP contribution in [0.2, 0.25) is 0 Å². The molecule has 18 heavy (non-hydrogen) atoms. The highest BCUT2D eigenvalue weighted by Crippen LogP contribution is 2.48. The molecule has 1 aliphatic carbocycles. The van der Waals surface area contributed by atoms with Crippen LogP contribution in [0.3, 0.4) is 0 Å². The van der Waals surface area contributed by atoms with Gasteiger partial charge < -0.3 is 15.3 Å². The van der Waals surface area contributed by atoms with Crippen molar-refractivity contribution < 1.29 is 24.5 Å². The van der Waals surface area contributed by atoms with Crippen LogP contribution in [0.1, 0.15) is 31.2 Å². The minimum atomic E-state index is -1.33. The first-order valence-corrected chi connectivity index (χ1v) is 6.33. The third-order valence-electron chi connectivity index (χ3n) is 3.52. The fourth-order valence-corrected chi connectivity index (χ4v) is 3.35. The average Bonchev–Trinajstić information content (AvgIpc) is 2.76. The van der Waals surface area contributed by atoms with E-state index in [4.69, 9.17) is 0 Å². The molecule has 4 nitrogen and oxygen atoms in total. The summed E-state index contributed by atoms with van der Waals surface area (Å²) < 4.78 is 14.2. The van der Waals surface area contributed by atoms with E-state index in [0.29, 0.717) is 25.7 Å². The van der Waals surface area contributed by atoms with Gasteiger partial charge in [-0.2, -0.15) is 0 Å². The van der Waals surface area contributed by atoms with Gasteiger partial charge in [-0.15, -0.1) is 0 Å². The number of aromatic hydroxyl groups is 2. The predicted octanol–water partition coefficient (Wildman–Crippen LogP) is 2.90. The van der Waals surface area contributed by atoms with Gasteiger partial charge in [-0.3, -0.25) is 4.79 Å². The first-order chi connectivity index (χ1) is 8.40. The summed E-state index contributed by atoms with van der Waals surface area (Å²) in [6.07, 6.45) is 2.03. The maximum Gasteiger partial charge on any atom is 0.314 e. The molecule has 0 atom stereocenters. The van der Waals surface area contributed by atoms with Crippen LogP contribution in [-0.2, 0) is 10.2 Å². The van der Waals surface area contributed by atoms with Crippen molar-refractivity contribution >= 4 is 21.9 Å². The molecule has 0 aromatic heterocycles. The highest BCUT2D eigenvalue weighted by Gasteiger charge is 2.46. The number of carboxylic acid groups (broad SMARTS) is 1. The summed E-state index contributed by atoms with van der Waals surface area (Å²) in [5.41, 5.74) is -1.41. The zero-order valence-corrected chi connectivity index (χ0v) is 11.0. The molecule has 0 bridgehead atoms. The lowest BCUT2D eigenvalue weighted by molar-refractivity contribution is -0.143. The molecule has 1 aromatic rings. The molecular weight excluding hydrogens is 307 g/mol. The molecule has 98 valence electrons. The second-order valence-electron chi connectivity index (χ2n) is 4.51. The van der Waals surface area contributed by atoms with Crippen LogP contribution in [0.25, 0.3) is 0 Å². The molecule has 2 rings (SSSR count). The molecule has 3 N–H and O–H groups in total. The smallest absolute Gasteiger partial charge is 0.314 e. The molecule has 0 amide bonds. The summed E-state index contributed by atoms with van der Waals surface area (Å²) >= 11 is 3.07. The van der Waals surface area contributed by atoms with E-state index in [1.54, 1.807) is 0 Å². The van der Waals surface area contributed by atoms with Crippen LogP contribution < -0.4 is 0 Å².